The average Bonchev–Trinajstić information content (AvgIpc) is 2.44. The van der Waals surface area contributed by atoms with Crippen LogP contribution in [-0.4, -0.2) is 7.11 Å². The Morgan fingerprint density at radius 1 is 1.23 bits per heavy atom. The molecule has 0 bridgehead atoms. The van der Waals surface area contributed by atoms with Crippen LogP contribution in [0, 0.1) is 13.8 Å². The molecule has 0 unspecified atom stereocenters. The van der Waals surface area contributed by atoms with Crippen LogP contribution in [0.2, 0.25) is 0 Å². The molecule has 0 N–H and O–H groups in total. The van der Waals surface area contributed by atoms with Crippen molar-refractivity contribution in [1.29, 1.82) is 0 Å². The molecule has 0 aliphatic heterocycles. The molecule has 13 heavy (non-hydrogen) atoms. The Bertz CT molecular complexity index is 441. The first-order valence-electron chi connectivity index (χ1n) is 4.26. The Morgan fingerprint density at radius 3 is 2.62 bits per heavy atom. The van der Waals surface area contributed by atoms with Gasteiger partial charge in [-0.2, -0.15) is 0 Å². The van der Waals surface area contributed by atoms with E-state index in [0.29, 0.717) is 5.95 Å². The van der Waals surface area contributed by atoms with Gasteiger partial charge in [0.1, 0.15) is 5.58 Å². The summed E-state index contributed by atoms with van der Waals surface area (Å²) in [6.45, 7) is 4.09. The van der Waals surface area contributed by atoms with Gasteiger partial charge in [-0.15, -0.1) is 0 Å². The van der Waals surface area contributed by atoms with Crippen molar-refractivity contribution in [1.82, 2.24) is 0 Å². The van der Waals surface area contributed by atoms with E-state index < -0.39 is 0 Å². The van der Waals surface area contributed by atoms with Gasteiger partial charge in [-0.25, -0.2) is 0 Å². The zero-order valence-corrected chi connectivity index (χ0v) is 8.05. The molecule has 1 aromatic carbocycles. The third kappa shape index (κ3) is 1.10. The molecule has 2 nitrogen and oxygen atoms in total. The Balaban J connectivity index is 2.85. The number of furan rings is 1. The van der Waals surface area contributed by atoms with Gasteiger partial charge >= 0.3 is 0 Å². The maximum absolute atomic E-state index is 5.51. The minimum atomic E-state index is 0.615. The fourth-order valence-electron chi connectivity index (χ4n) is 1.68. The molecule has 0 saturated heterocycles. The van der Waals surface area contributed by atoms with Gasteiger partial charge in [-0.1, -0.05) is 12.1 Å². The van der Waals surface area contributed by atoms with Gasteiger partial charge in [0.25, 0.3) is 5.95 Å². The molecule has 0 aliphatic carbocycles. The predicted molar refractivity (Wildman–Crippen MR) is 52.2 cm³/mol. The highest BCUT2D eigenvalue weighted by Crippen LogP contribution is 2.32. The maximum Gasteiger partial charge on any atom is 0.288 e. The first kappa shape index (κ1) is 8.17. The summed E-state index contributed by atoms with van der Waals surface area (Å²) in [4.78, 5) is 0. The minimum Gasteiger partial charge on any atom is -0.468 e. The SMILES string of the molecule is COc1oc2cccc(C)c2c1C. The van der Waals surface area contributed by atoms with Crippen molar-refractivity contribution < 1.29 is 9.15 Å². The number of methoxy groups -OCH3 is 1. The van der Waals surface area contributed by atoms with E-state index in [2.05, 4.69) is 13.0 Å². The lowest BCUT2D eigenvalue weighted by molar-refractivity contribution is 0.313. The van der Waals surface area contributed by atoms with Crippen molar-refractivity contribution in [3.63, 3.8) is 0 Å². The van der Waals surface area contributed by atoms with Crippen LogP contribution in [0.3, 0.4) is 0 Å². The van der Waals surface area contributed by atoms with Gasteiger partial charge < -0.3 is 9.15 Å². The molecule has 0 radical (unpaired) electrons. The van der Waals surface area contributed by atoms with Crippen LogP contribution < -0.4 is 4.74 Å². The predicted octanol–water partition coefficient (Wildman–Crippen LogP) is 3.06. The highest BCUT2D eigenvalue weighted by Gasteiger charge is 2.11. The van der Waals surface area contributed by atoms with Crippen molar-refractivity contribution in [3.05, 3.63) is 29.3 Å². The van der Waals surface area contributed by atoms with E-state index >= 15 is 0 Å². The van der Waals surface area contributed by atoms with E-state index in [1.165, 1.54) is 10.9 Å². The summed E-state index contributed by atoms with van der Waals surface area (Å²) < 4.78 is 10.6. The van der Waals surface area contributed by atoms with Gasteiger partial charge in [0.15, 0.2) is 0 Å². The second kappa shape index (κ2) is 2.80. The lowest BCUT2D eigenvalue weighted by Crippen LogP contribution is -1.81. The first-order chi connectivity index (χ1) is 6.24. The number of hydrogen-bond donors (Lipinski definition) is 0. The van der Waals surface area contributed by atoms with Gasteiger partial charge in [-0.05, 0) is 25.5 Å². The highest BCUT2D eigenvalue weighted by molar-refractivity contribution is 5.86. The van der Waals surface area contributed by atoms with Gasteiger partial charge in [0.05, 0.1) is 7.11 Å². The molecule has 1 aromatic heterocycles. The molecule has 2 aromatic rings. The summed E-state index contributed by atoms with van der Waals surface area (Å²) in [5.41, 5.74) is 3.20. The van der Waals surface area contributed by atoms with Gasteiger partial charge in [-0.3, -0.25) is 0 Å². The minimum absolute atomic E-state index is 0.615. The first-order valence-corrected chi connectivity index (χ1v) is 4.26. The Hall–Kier alpha value is -1.44. The number of fused-ring (bicyclic) bond motifs is 1. The van der Waals surface area contributed by atoms with E-state index in [0.717, 1.165) is 11.1 Å². The molecule has 0 atom stereocenters. The number of rotatable bonds is 1. The topological polar surface area (TPSA) is 22.4 Å². The monoisotopic (exact) mass is 176 g/mol. The van der Waals surface area contributed by atoms with Crippen molar-refractivity contribution in [3.8, 4) is 5.95 Å². The fraction of sp³-hybridized carbons (Fsp3) is 0.273. The van der Waals surface area contributed by atoms with Crippen LogP contribution in [0.5, 0.6) is 5.95 Å². The summed E-state index contributed by atoms with van der Waals surface area (Å²) >= 11 is 0. The quantitative estimate of drug-likeness (QED) is 0.666. The third-order valence-electron chi connectivity index (χ3n) is 2.30. The van der Waals surface area contributed by atoms with Crippen LogP contribution in [0.4, 0.5) is 0 Å². The van der Waals surface area contributed by atoms with Gasteiger partial charge in [0, 0.05) is 10.9 Å². The van der Waals surface area contributed by atoms with Crippen LogP contribution in [0.15, 0.2) is 22.6 Å². The average molecular weight is 176 g/mol. The molecular formula is C11H12O2. The van der Waals surface area contributed by atoms with Gasteiger partial charge in [0.2, 0.25) is 0 Å². The summed E-state index contributed by atoms with van der Waals surface area (Å²) in [7, 11) is 1.63. The second-order valence-corrected chi connectivity index (χ2v) is 3.17. The molecule has 0 saturated carbocycles. The molecule has 0 amide bonds. The normalized spacial score (nSPS) is 10.7. The van der Waals surface area contributed by atoms with Crippen LogP contribution in [0.1, 0.15) is 11.1 Å². The number of ether oxygens (including phenoxy) is 1. The van der Waals surface area contributed by atoms with Crippen molar-refractivity contribution >= 4 is 11.0 Å². The zero-order valence-electron chi connectivity index (χ0n) is 8.05. The van der Waals surface area contributed by atoms with Crippen LogP contribution in [0.25, 0.3) is 11.0 Å². The lowest BCUT2D eigenvalue weighted by atomic mass is 10.1. The lowest BCUT2D eigenvalue weighted by Gasteiger charge is -1.94. The Kier molecular flexibility index (Phi) is 1.76. The molecule has 1 heterocycles. The number of hydrogen-bond acceptors (Lipinski definition) is 2. The second-order valence-electron chi connectivity index (χ2n) is 3.17. The number of aryl methyl sites for hydroxylation is 2. The van der Waals surface area contributed by atoms with E-state index in [4.69, 9.17) is 9.15 Å². The molecule has 2 rings (SSSR count). The zero-order chi connectivity index (χ0) is 9.42. The molecule has 0 fully saturated rings. The number of benzene rings is 1. The van der Waals surface area contributed by atoms with Crippen molar-refractivity contribution in [2.45, 2.75) is 13.8 Å². The van der Waals surface area contributed by atoms with Crippen molar-refractivity contribution in [2.24, 2.45) is 0 Å². The standard InChI is InChI=1S/C11H12O2/c1-7-5-4-6-9-10(7)8(2)11(12-3)13-9/h4-6H,1-3H3. The summed E-state index contributed by atoms with van der Waals surface area (Å²) in [5.74, 6) is 0.615. The summed E-state index contributed by atoms with van der Waals surface area (Å²) in [6.07, 6.45) is 0. The maximum atomic E-state index is 5.51. The van der Waals surface area contributed by atoms with Crippen molar-refractivity contribution in [2.75, 3.05) is 7.11 Å². The Morgan fingerprint density at radius 2 is 2.00 bits per heavy atom. The van der Waals surface area contributed by atoms with E-state index in [1.807, 2.05) is 19.1 Å². The summed E-state index contributed by atoms with van der Waals surface area (Å²) in [5, 5.41) is 1.17. The molecule has 68 valence electrons. The van der Waals surface area contributed by atoms with E-state index in [-0.39, 0.29) is 0 Å². The van der Waals surface area contributed by atoms with E-state index in [9.17, 15) is 0 Å². The highest BCUT2D eigenvalue weighted by atomic mass is 16.6. The molecule has 0 aliphatic rings. The largest absolute Gasteiger partial charge is 0.468 e. The summed E-state index contributed by atoms with van der Waals surface area (Å²) in [6, 6.07) is 6.02. The smallest absolute Gasteiger partial charge is 0.288 e. The fourth-order valence-corrected chi connectivity index (χ4v) is 1.68. The molecule has 0 spiro atoms. The molecular weight excluding hydrogens is 164 g/mol. The van der Waals surface area contributed by atoms with E-state index in [1.54, 1.807) is 7.11 Å². The third-order valence-corrected chi connectivity index (χ3v) is 2.30. The Labute approximate surface area is 77.1 Å². The van der Waals surface area contributed by atoms with Crippen LogP contribution >= 0.6 is 0 Å². The van der Waals surface area contributed by atoms with Crippen LogP contribution in [-0.2, 0) is 0 Å². The molecule has 2 heteroatoms.